The highest BCUT2D eigenvalue weighted by molar-refractivity contribution is 5.96. The smallest absolute Gasteiger partial charge is 0.321 e. The van der Waals surface area contributed by atoms with Crippen molar-refractivity contribution < 1.29 is 14.3 Å². The van der Waals surface area contributed by atoms with Crippen LogP contribution in [0.25, 0.3) is 0 Å². The van der Waals surface area contributed by atoms with Crippen molar-refractivity contribution >= 4 is 11.9 Å². The van der Waals surface area contributed by atoms with E-state index in [0.29, 0.717) is 12.3 Å². The predicted molar refractivity (Wildman–Crippen MR) is 76.3 cm³/mol. The van der Waals surface area contributed by atoms with Gasteiger partial charge in [0.1, 0.15) is 5.75 Å². The van der Waals surface area contributed by atoms with E-state index in [4.69, 9.17) is 10.5 Å². The summed E-state index contributed by atoms with van der Waals surface area (Å²) in [7, 11) is 0. The van der Waals surface area contributed by atoms with E-state index < -0.39 is 18.0 Å². The van der Waals surface area contributed by atoms with Crippen LogP contribution in [0.5, 0.6) is 5.75 Å². The van der Waals surface area contributed by atoms with Gasteiger partial charge in [-0.3, -0.25) is 10.1 Å². The first-order valence-electron chi connectivity index (χ1n) is 6.55. The zero-order valence-electron chi connectivity index (χ0n) is 12.0. The maximum atomic E-state index is 11.7. The summed E-state index contributed by atoms with van der Waals surface area (Å²) in [4.78, 5) is 23.0. The Morgan fingerprint density at radius 1 is 1.35 bits per heavy atom. The van der Waals surface area contributed by atoms with Crippen LogP contribution in [0.3, 0.4) is 0 Å². The monoisotopic (exact) mass is 279 g/mol. The summed E-state index contributed by atoms with van der Waals surface area (Å²) >= 11 is 0. The molecule has 0 saturated carbocycles. The molecule has 2 atom stereocenters. The van der Waals surface area contributed by atoms with Crippen molar-refractivity contribution in [2.45, 2.75) is 32.9 Å². The van der Waals surface area contributed by atoms with E-state index in [9.17, 15) is 9.59 Å². The van der Waals surface area contributed by atoms with Crippen LogP contribution in [-0.4, -0.2) is 24.6 Å². The van der Waals surface area contributed by atoms with E-state index in [-0.39, 0.29) is 6.04 Å². The molecule has 6 nitrogen and oxygen atoms in total. The fourth-order valence-corrected chi connectivity index (χ4v) is 1.55. The van der Waals surface area contributed by atoms with Gasteiger partial charge in [0.2, 0.25) is 0 Å². The van der Waals surface area contributed by atoms with E-state index in [0.717, 1.165) is 5.56 Å². The van der Waals surface area contributed by atoms with Crippen LogP contribution in [0.15, 0.2) is 24.3 Å². The van der Waals surface area contributed by atoms with E-state index >= 15 is 0 Å². The number of carbonyl (C=O) groups excluding carboxylic acids is 2. The zero-order valence-corrected chi connectivity index (χ0v) is 12.0. The average molecular weight is 279 g/mol. The second kappa shape index (κ2) is 7.49. The van der Waals surface area contributed by atoms with Gasteiger partial charge < -0.3 is 15.8 Å². The molecule has 1 aromatic rings. The number of carbonyl (C=O) groups is 2. The van der Waals surface area contributed by atoms with Gasteiger partial charge in [0.15, 0.2) is 6.10 Å². The molecule has 20 heavy (non-hydrogen) atoms. The Kier molecular flexibility index (Phi) is 5.99. The average Bonchev–Trinajstić information content (AvgIpc) is 2.39. The molecule has 0 spiro atoms. The van der Waals surface area contributed by atoms with Crippen molar-refractivity contribution in [3.05, 3.63) is 29.8 Å². The van der Waals surface area contributed by atoms with Crippen molar-refractivity contribution in [1.29, 1.82) is 0 Å². The standard InChI is InChI=1S/C14H21N3O3/c1-4-16-14(19)17-13(18)10(3)20-12-7-5-6-11(8-12)9(2)15/h5-10H,4,15H2,1-3H3,(H2,16,17,18,19)/t9-,10?/m1/s1. The Morgan fingerprint density at radius 3 is 2.65 bits per heavy atom. The maximum Gasteiger partial charge on any atom is 0.321 e. The fourth-order valence-electron chi connectivity index (χ4n) is 1.55. The first-order valence-corrected chi connectivity index (χ1v) is 6.55. The molecule has 4 N–H and O–H groups in total. The number of benzene rings is 1. The molecule has 1 aromatic carbocycles. The van der Waals surface area contributed by atoms with Crippen LogP contribution >= 0.6 is 0 Å². The van der Waals surface area contributed by atoms with Crippen LogP contribution in [0.2, 0.25) is 0 Å². The lowest BCUT2D eigenvalue weighted by Crippen LogP contribution is -2.45. The Hall–Kier alpha value is -2.08. The third-order valence-electron chi connectivity index (χ3n) is 2.64. The topological polar surface area (TPSA) is 93.5 Å². The number of ether oxygens (including phenoxy) is 1. The largest absolute Gasteiger partial charge is 0.481 e. The SMILES string of the molecule is CCNC(=O)NC(=O)C(C)Oc1cccc([C@@H](C)N)c1. The van der Waals surface area contributed by atoms with Gasteiger partial charge in [-0.1, -0.05) is 12.1 Å². The lowest BCUT2D eigenvalue weighted by Gasteiger charge is -2.15. The van der Waals surface area contributed by atoms with Gasteiger partial charge in [-0.2, -0.15) is 0 Å². The molecule has 0 aliphatic heterocycles. The molecule has 1 rings (SSSR count). The second-order valence-electron chi connectivity index (χ2n) is 4.47. The number of urea groups is 1. The first kappa shape index (κ1) is 16.0. The Morgan fingerprint density at radius 2 is 2.05 bits per heavy atom. The summed E-state index contributed by atoms with van der Waals surface area (Å²) in [5.74, 6) is 0.0421. The molecule has 3 amide bonds. The highest BCUT2D eigenvalue weighted by Crippen LogP contribution is 2.18. The molecule has 0 aliphatic rings. The van der Waals surface area contributed by atoms with E-state index in [1.165, 1.54) is 0 Å². The summed E-state index contributed by atoms with van der Waals surface area (Å²) < 4.78 is 5.50. The highest BCUT2D eigenvalue weighted by Gasteiger charge is 2.17. The molecule has 6 heteroatoms. The molecule has 0 aliphatic carbocycles. The van der Waals surface area contributed by atoms with Crippen molar-refractivity contribution in [1.82, 2.24) is 10.6 Å². The van der Waals surface area contributed by atoms with Gasteiger partial charge in [-0.15, -0.1) is 0 Å². The Bertz CT molecular complexity index is 474. The normalized spacial score (nSPS) is 13.2. The molecular weight excluding hydrogens is 258 g/mol. The molecule has 0 fully saturated rings. The summed E-state index contributed by atoms with van der Waals surface area (Å²) in [5.41, 5.74) is 6.70. The maximum absolute atomic E-state index is 11.7. The van der Waals surface area contributed by atoms with Gasteiger partial charge in [-0.25, -0.2) is 4.79 Å². The van der Waals surface area contributed by atoms with Crippen LogP contribution in [0.1, 0.15) is 32.4 Å². The molecule has 0 saturated heterocycles. The lowest BCUT2D eigenvalue weighted by atomic mass is 10.1. The molecule has 0 bridgehead atoms. The summed E-state index contributed by atoms with van der Waals surface area (Å²) in [6.45, 7) is 5.66. The minimum atomic E-state index is -0.777. The summed E-state index contributed by atoms with van der Waals surface area (Å²) in [5, 5.41) is 4.68. The number of nitrogens with two attached hydrogens (primary N) is 1. The highest BCUT2D eigenvalue weighted by atomic mass is 16.5. The van der Waals surface area contributed by atoms with Crippen molar-refractivity contribution in [3.63, 3.8) is 0 Å². The number of hydrogen-bond acceptors (Lipinski definition) is 4. The van der Waals surface area contributed by atoms with Crippen LogP contribution in [0.4, 0.5) is 4.79 Å². The van der Waals surface area contributed by atoms with Gasteiger partial charge in [0.05, 0.1) is 0 Å². The van der Waals surface area contributed by atoms with Gasteiger partial charge in [-0.05, 0) is 38.5 Å². The second-order valence-corrected chi connectivity index (χ2v) is 4.47. The third kappa shape index (κ3) is 4.89. The van der Waals surface area contributed by atoms with Crippen LogP contribution in [-0.2, 0) is 4.79 Å². The summed E-state index contributed by atoms with van der Waals surface area (Å²) in [6, 6.07) is 6.57. The number of nitrogens with one attached hydrogen (secondary N) is 2. The first-order chi connectivity index (χ1) is 9.43. The number of imide groups is 1. The fraction of sp³-hybridized carbons (Fsp3) is 0.429. The predicted octanol–water partition coefficient (Wildman–Crippen LogP) is 1.32. The Balaban J connectivity index is 2.61. The molecule has 0 heterocycles. The van der Waals surface area contributed by atoms with E-state index in [1.807, 2.05) is 19.1 Å². The molecule has 110 valence electrons. The van der Waals surface area contributed by atoms with Gasteiger partial charge in [0.25, 0.3) is 5.91 Å². The van der Waals surface area contributed by atoms with Gasteiger partial charge in [0, 0.05) is 12.6 Å². The number of rotatable bonds is 5. The van der Waals surface area contributed by atoms with Crippen molar-refractivity contribution in [3.8, 4) is 5.75 Å². The quantitative estimate of drug-likeness (QED) is 0.757. The molecule has 0 aromatic heterocycles. The van der Waals surface area contributed by atoms with Gasteiger partial charge >= 0.3 is 6.03 Å². The van der Waals surface area contributed by atoms with E-state index in [1.54, 1.807) is 26.0 Å². The number of amides is 3. The third-order valence-corrected chi connectivity index (χ3v) is 2.64. The number of hydrogen-bond donors (Lipinski definition) is 3. The van der Waals surface area contributed by atoms with Crippen LogP contribution < -0.4 is 21.1 Å². The minimum Gasteiger partial charge on any atom is -0.481 e. The molecule has 0 radical (unpaired) electrons. The van der Waals surface area contributed by atoms with Crippen LogP contribution in [0, 0.1) is 0 Å². The van der Waals surface area contributed by atoms with E-state index in [2.05, 4.69) is 10.6 Å². The van der Waals surface area contributed by atoms with Crippen molar-refractivity contribution in [2.24, 2.45) is 5.73 Å². The molecule has 1 unspecified atom stereocenters. The summed E-state index contributed by atoms with van der Waals surface area (Å²) in [6.07, 6.45) is -0.777. The Labute approximate surface area is 118 Å². The van der Waals surface area contributed by atoms with Crippen molar-refractivity contribution in [2.75, 3.05) is 6.54 Å². The molecular formula is C14H21N3O3. The minimum absolute atomic E-state index is 0.113. The zero-order chi connectivity index (χ0) is 15.1. The lowest BCUT2D eigenvalue weighted by molar-refractivity contribution is -0.126.